The number of para-hydroxylation sites is 1. The molecule has 0 radical (unpaired) electrons. The Bertz CT molecular complexity index is 835. The number of aliphatic hydroxyl groups is 1. The first-order valence-corrected chi connectivity index (χ1v) is 5.84. The molecule has 0 saturated heterocycles. The highest BCUT2D eigenvalue weighted by atomic mass is 16.3. The molecule has 0 spiro atoms. The van der Waals surface area contributed by atoms with E-state index >= 15 is 0 Å². The van der Waals surface area contributed by atoms with Crippen molar-refractivity contribution in [2.45, 2.75) is 6.54 Å². The summed E-state index contributed by atoms with van der Waals surface area (Å²) in [6, 6.07) is 9.14. The Kier molecular flexibility index (Phi) is 2.64. The molecule has 0 bridgehead atoms. The molecule has 2 heterocycles. The Morgan fingerprint density at radius 2 is 2.05 bits per heavy atom. The normalized spacial score (nSPS) is 11.2. The number of H-pyrrole nitrogens is 1. The van der Waals surface area contributed by atoms with Gasteiger partial charge in [0.1, 0.15) is 0 Å². The number of aromatic nitrogens is 3. The van der Waals surface area contributed by atoms with Crippen LogP contribution in [-0.4, -0.2) is 26.2 Å². The van der Waals surface area contributed by atoms with Gasteiger partial charge in [0.2, 0.25) is 0 Å². The molecule has 0 saturated carbocycles. The van der Waals surface area contributed by atoms with Gasteiger partial charge in [-0.15, -0.1) is 0 Å². The molecule has 2 aliphatic rings. The van der Waals surface area contributed by atoms with Crippen molar-refractivity contribution in [2.24, 2.45) is 0 Å². The molecule has 96 valence electrons. The molecule has 2 N–H and O–H groups in total. The number of nitrogens with zero attached hydrogens (tertiary/aromatic N) is 2. The van der Waals surface area contributed by atoms with Gasteiger partial charge in [0.25, 0.3) is 5.56 Å². The first kappa shape index (κ1) is 11.6. The van der Waals surface area contributed by atoms with E-state index < -0.39 is 11.2 Å². The molecule has 0 amide bonds. The fourth-order valence-corrected chi connectivity index (χ4v) is 2.24. The Morgan fingerprint density at radius 1 is 1.26 bits per heavy atom. The van der Waals surface area contributed by atoms with Crippen molar-refractivity contribution in [2.75, 3.05) is 6.61 Å². The summed E-state index contributed by atoms with van der Waals surface area (Å²) in [6.07, 6.45) is 0. The van der Waals surface area contributed by atoms with Crippen LogP contribution in [0.2, 0.25) is 0 Å². The zero-order valence-corrected chi connectivity index (χ0v) is 9.96. The van der Waals surface area contributed by atoms with Crippen molar-refractivity contribution >= 4 is 10.9 Å². The Morgan fingerprint density at radius 3 is 2.84 bits per heavy atom. The molecule has 0 aliphatic carbocycles. The van der Waals surface area contributed by atoms with Gasteiger partial charge in [-0.2, -0.15) is 4.98 Å². The number of pyridine rings is 1. The van der Waals surface area contributed by atoms with Gasteiger partial charge in [0.05, 0.1) is 12.2 Å². The molecule has 0 fully saturated rings. The molecule has 6 heteroatoms. The Labute approximate surface area is 107 Å². The summed E-state index contributed by atoms with van der Waals surface area (Å²) in [5, 5.41) is 10.0. The van der Waals surface area contributed by atoms with Crippen LogP contribution in [0, 0.1) is 0 Å². The molecular weight excluding hydrogens is 246 g/mol. The van der Waals surface area contributed by atoms with E-state index in [0.29, 0.717) is 11.4 Å². The number of nitrogens with one attached hydrogen (secondary N) is 1. The van der Waals surface area contributed by atoms with E-state index in [0.717, 1.165) is 10.9 Å². The van der Waals surface area contributed by atoms with E-state index in [9.17, 15) is 9.59 Å². The van der Waals surface area contributed by atoms with Crippen molar-refractivity contribution in [1.82, 2.24) is 14.5 Å². The van der Waals surface area contributed by atoms with Crippen molar-refractivity contribution in [3.8, 4) is 11.4 Å². The number of rotatable bonds is 2. The molecule has 6 nitrogen and oxygen atoms in total. The van der Waals surface area contributed by atoms with Gasteiger partial charge in [-0.3, -0.25) is 9.78 Å². The molecule has 3 rings (SSSR count). The molecule has 0 atom stereocenters. The zero-order valence-electron chi connectivity index (χ0n) is 9.96. The topological polar surface area (TPSA) is 88.0 Å². The van der Waals surface area contributed by atoms with Crippen molar-refractivity contribution in [1.29, 1.82) is 0 Å². The molecule has 0 aromatic heterocycles. The van der Waals surface area contributed by atoms with E-state index in [1.165, 1.54) is 0 Å². The minimum Gasteiger partial charge on any atom is -0.395 e. The number of aromatic amines is 1. The summed E-state index contributed by atoms with van der Waals surface area (Å²) in [6.45, 7) is 0.171. The van der Waals surface area contributed by atoms with Crippen LogP contribution in [-0.2, 0) is 6.54 Å². The van der Waals surface area contributed by atoms with Gasteiger partial charge in [-0.25, -0.2) is 4.79 Å². The highest BCUT2D eigenvalue weighted by Crippen LogP contribution is 2.23. The number of fused-ring (bicyclic) bond motifs is 2. The standard InChI is InChI=1S/C13H11N3O3/c17-6-5-16-10-4-2-1-3-8(10)7-9-11(16)14-13(19)15-12(9)18/h1-4,7,17H,5-6H2,(H,15,18,19). The summed E-state index contributed by atoms with van der Waals surface area (Å²) in [7, 11) is 0. The van der Waals surface area contributed by atoms with Crippen molar-refractivity contribution < 1.29 is 5.11 Å². The summed E-state index contributed by atoms with van der Waals surface area (Å²) < 4.78 is 1.68. The van der Waals surface area contributed by atoms with Gasteiger partial charge < -0.3 is 9.67 Å². The fourth-order valence-electron chi connectivity index (χ4n) is 2.24. The SMILES string of the molecule is O=c1nc2n(CCO)c3ccccc3cc-2c(=O)[nH]1. The third kappa shape index (κ3) is 1.82. The Balaban J connectivity index is 2.54. The summed E-state index contributed by atoms with van der Waals surface area (Å²) in [4.78, 5) is 29.2. The lowest BCUT2D eigenvalue weighted by atomic mass is 10.1. The number of hydrogen-bond donors (Lipinski definition) is 2. The molecule has 1 aromatic carbocycles. The first-order chi connectivity index (χ1) is 9.20. The molecule has 19 heavy (non-hydrogen) atoms. The lowest BCUT2D eigenvalue weighted by Crippen LogP contribution is -2.28. The smallest absolute Gasteiger partial charge is 0.349 e. The number of aliphatic hydroxyl groups excluding tert-OH is 1. The minimum atomic E-state index is -0.681. The van der Waals surface area contributed by atoms with Crippen LogP contribution in [0.5, 0.6) is 0 Å². The minimum absolute atomic E-state index is 0.101. The average molecular weight is 257 g/mol. The predicted molar refractivity (Wildman–Crippen MR) is 70.3 cm³/mol. The largest absolute Gasteiger partial charge is 0.395 e. The predicted octanol–water partition coefficient (Wildman–Crippen LogP) is 0.182. The molecule has 0 unspecified atom stereocenters. The lowest BCUT2D eigenvalue weighted by Gasteiger charge is -2.16. The molecule has 1 aromatic rings. The summed E-state index contributed by atoms with van der Waals surface area (Å²) in [5.74, 6) is 0.293. The van der Waals surface area contributed by atoms with E-state index in [-0.39, 0.29) is 13.2 Å². The van der Waals surface area contributed by atoms with Crippen LogP contribution >= 0.6 is 0 Å². The van der Waals surface area contributed by atoms with E-state index in [2.05, 4.69) is 9.97 Å². The number of benzene rings is 1. The second-order valence-corrected chi connectivity index (χ2v) is 4.19. The first-order valence-electron chi connectivity index (χ1n) is 5.84. The Hall–Kier alpha value is -2.47. The third-order valence-electron chi connectivity index (χ3n) is 3.02. The van der Waals surface area contributed by atoms with E-state index in [1.807, 2.05) is 24.3 Å². The average Bonchev–Trinajstić information content (AvgIpc) is 2.40. The molecular formula is C13H11N3O3. The summed E-state index contributed by atoms with van der Waals surface area (Å²) >= 11 is 0. The van der Waals surface area contributed by atoms with Gasteiger partial charge in [0, 0.05) is 12.1 Å². The van der Waals surface area contributed by atoms with Gasteiger partial charge in [-0.05, 0) is 17.5 Å². The quantitative estimate of drug-likeness (QED) is 0.641. The van der Waals surface area contributed by atoms with E-state index in [1.54, 1.807) is 10.6 Å². The van der Waals surface area contributed by atoms with Crippen LogP contribution in [0.4, 0.5) is 0 Å². The highest BCUT2D eigenvalue weighted by Gasteiger charge is 2.15. The van der Waals surface area contributed by atoms with Crippen molar-refractivity contribution in [3.63, 3.8) is 0 Å². The van der Waals surface area contributed by atoms with Crippen LogP contribution in [0.3, 0.4) is 0 Å². The maximum atomic E-state index is 11.8. The highest BCUT2D eigenvalue weighted by molar-refractivity contribution is 5.85. The van der Waals surface area contributed by atoms with Gasteiger partial charge in [0.15, 0.2) is 5.82 Å². The third-order valence-corrected chi connectivity index (χ3v) is 3.02. The molecule has 2 aliphatic heterocycles. The van der Waals surface area contributed by atoms with Gasteiger partial charge >= 0.3 is 5.69 Å². The fraction of sp³-hybridized carbons (Fsp3) is 0.154. The summed E-state index contributed by atoms with van der Waals surface area (Å²) in [5.41, 5.74) is 0.0141. The number of hydrogen-bond acceptors (Lipinski definition) is 4. The van der Waals surface area contributed by atoms with Crippen LogP contribution in [0.15, 0.2) is 39.9 Å². The maximum Gasteiger partial charge on any atom is 0.349 e. The lowest BCUT2D eigenvalue weighted by molar-refractivity contribution is 0.278. The second kappa shape index (κ2) is 4.33. The van der Waals surface area contributed by atoms with Crippen LogP contribution < -0.4 is 11.2 Å². The van der Waals surface area contributed by atoms with Crippen molar-refractivity contribution in [3.05, 3.63) is 51.2 Å². The maximum absolute atomic E-state index is 11.8. The van der Waals surface area contributed by atoms with Crippen LogP contribution in [0.25, 0.3) is 22.3 Å². The zero-order chi connectivity index (χ0) is 13.4. The van der Waals surface area contributed by atoms with E-state index in [4.69, 9.17) is 5.11 Å². The van der Waals surface area contributed by atoms with Crippen LogP contribution in [0.1, 0.15) is 0 Å². The second-order valence-electron chi connectivity index (χ2n) is 4.19. The van der Waals surface area contributed by atoms with Gasteiger partial charge in [-0.1, -0.05) is 18.2 Å². The monoisotopic (exact) mass is 257 g/mol.